The van der Waals surface area contributed by atoms with E-state index in [0.717, 1.165) is 0 Å². The third kappa shape index (κ3) is 3.68. The Morgan fingerprint density at radius 3 is 2.45 bits per heavy atom. The Hall–Kier alpha value is -1.65. The minimum atomic E-state index is -5.81. The molecule has 0 radical (unpaired) electrons. The Balaban J connectivity index is 2.78. The van der Waals surface area contributed by atoms with E-state index in [0.29, 0.717) is 0 Å². The second-order valence-electron chi connectivity index (χ2n) is 3.65. The minimum absolute atomic E-state index is 0.0321. The normalized spacial score (nSPS) is 12.3. The van der Waals surface area contributed by atoms with Gasteiger partial charge in [0.05, 0.1) is 20.0 Å². The van der Waals surface area contributed by atoms with E-state index in [2.05, 4.69) is 27.0 Å². The van der Waals surface area contributed by atoms with Crippen molar-refractivity contribution in [1.29, 1.82) is 0 Å². The highest BCUT2D eigenvalue weighted by atomic mass is 32.1. The van der Waals surface area contributed by atoms with Crippen molar-refractivity contribution in [3.63, 3.8) is 0 Å². The number of ether oxygens (including phenoxy) is 1. The molecule has 1 rings (SSSR count). The van der Waals surface area contributed by atoms with Gasteiger partial charge in [0.15, 0.2) is 5.05 Å². The van der Waals surface area contributed by atoms with Crippen molar-refractivity contribution >= 4 is 23.1 Å². The third-order valence-corrected chi connectivity index (χ3v) is 2.41. The summed E-state index contributed by atoms with van der Waals surface area (Å²) >= 11 is 4.60. The maximum Gasteiger partial charge on any atom is 0.461 e. The van der Waals surface area contributed by atoms with Crippen LogP contribution in [0.4, 0.5) is 22.0 Å². The number of methoxy groups -OCH3 is 1. The number of nitrogens with one attached hydrogen (secondary N) is 1. The number of carbonyl (C=O) groups excluding carboxylic acids is 1. The van der Waals surface area contributed by atoms with Crippen LogP contribution in [-0.2, 0) is 21.9 Å². The van der Waals surface area contributed by atoms with Crippen LogP contribution in [0.3, 0.4) is 0 Å². The average Bonchev–Trinajstić information content (AvgIpc) is 2.76. The first-order valence-electron chi connectivity index (χ1n) is 5.02. The number of hydrogen-bond acceptors (Lipinski definition) is 5. The first-order chi connectivity index (χ1) is 9.07. The summed E-state index contributed by atoms with van der Waals surface area (Å²) in [5.74, 6) is -7.89. The summed E-state index contributed by atoms with van der Waals surface area (Å²) in [4.78, 5) is 14.4. The minimum Gasteiger partial charge on any atom is -0.490 e. The lowest BCUT2D eigenvalue weighted by Gasteiger charge is -2.15. The number of halogens is 5. The Bertz CT molecular complexity index is 514. The second-order valence-corrected chi connectivity index (χ2v) is 4.10. The Kier molecular flexibility index (Phi) is 4.73. The van der Waals surface area contributed by atoms with E-state index in [1.807, 2.05) is 5.10 Å². The van der Waals surface area contributed by atoms with Gasteiger partial charge in [0.25, 0.3) is 0 Å². The molecule has 1 N–H and O–H groups in total. The van der Waals surface area contributed by atoms with E-state index < -0.39 is 36.0 Å². The number of Topliss-reactive ketones (excluding diaryl/α,β-unsaturated/α-hetero) is 1. The van der Waals surface area contributed by atoms with Crippen molar-refractivity contribution in [1.82, 2.24) is 15.2 Å². The van der Waals surface area contributed by atoms with Crippen LogP contribution in [0.15, 0.2) is 0 Å². The highest BCUT2D eigenvalue weighted by Gasteiger charge is 2.61. The Labute approximate surface area is 114 Å². The predicted molar refractivity (Wildman–Crippen MR) is 59.3 cm³/mol. The molecule has 0 aliphatic heterocycles. The molecule has 0 unspecified atom stereocenters. The molecule has 0 saturated heterocycles. The summed E-state index contributed by atoms with van der Waals surface area (Å²) in [6, 6.07) is 0. The van der Waals surface area contributed by atoms with Crippen molar-refractivity contribution in [2.24, 2.45) is 0 Å². The van der Waals surface area contributed by atoms with Crippen molar-refractivity contribution < 1.29 is 31.5 Å². The lowest BCUT2D eigenvalue weighted by Crippen LogP contribution is -2.34. The summed E-state index contributed by atoms with van der Waals surface area (Å²) in [7, 11) is 1.24. The monoisotopic (exact) mass is 317 g/mol. The van der Waals surface area contributed by atoms with E-state index in [1.165, 1.54) is 7.11 Å². The van der Waals surface area contributed by atoms with Crippen LogP contribution in [0.2, 0.25) is 0 Å². The molecule has 1 aromatic heterocycles. The van der Waals surface area contributed by atoms with Gasteiger partial charge in [0.1, 0.15) is 11.6 Å². The molecule has 20 heavy (non-hydrogen) atoms. The van der Waals surface area contributed by atoms with Crippen molar-refractivity contribution in [3.8, 4) is 0 Å². The number of H-pyrrole nitrogens is 1. The molecule has 0 aliphatic carbocycles. The molecule has 1 aromatic rings. The van der Waals surface area contributed by atoms with E-state index in [9.17, 15) is 26.7 Å². The number of nitrogens with zero attached hydrogens (tertiary/aromatic N) is 2. The molecule has 0 aromatic carbocycles. The largest absolute Gasteiger partial charge is 0.490 e. The zero-order chi connectivity index (χ0) is 15.6. The van der Waals surface area contributed by atoms with Crippen LogP contribution < -0.4 is 0 Å². The molecule has 0 saturated carbocycles. The number of aromatic amines is 1. The fourth-order valence-corrected chi connectivity index (χ4v) is 1.28. The average molecular weight is 317 g/mol. The van der Waals surface area contributed by atoms with Gasteiger partial charge < -0.3 is 4.74 Å². The molecule has 1 heterocycles. The molecule has 0 fully saturated rings. The molecule has 5 nitrogen and oxygen atoms in total. The van der Waals surface area contributed by atoms with Crippen molar-refractivity contribution in [2.75, 3.05) is 7.11 Å². The molecule has 112 valence electrons. The fraction of sp³-hybridized carbons (Fsp3) is 0.556. The zero-order valence-electron chi connectivity index (χ0n) is 9.92. The van der Waals surface area contributed by atoms with Gasteiger partial charge in [0.2, 0.25) is 5.82 Å². The summed E-state index contributed by atoms with van der Waals surface area (Å²) in [6.07, 6.45) is -6.60. The number of ketones is 1. The Morgan fingerprint density at radius 1 is 1.35 bits per heavy atom. The molecule has 0 spiro atoms. The number of carbonyl (C=O) groups is 1. The van der Waals surface area contributed by atoms with Gasteiger partial charge in [-0.2, -0.15) is 27.1 Å². The lowest BCUT2D eigenvalue weighted by atomic mass is 10.2. The summed E-state index contributed by atoms with van der Waals surface area (Å²) in [6.45, 7) is 0. The number of aromatic nitrogens is 3. The second kappa shape index (κ2) is 5.77. The number of rotatable bonds is 5. The molecule has 0 atom stereocenters. The highest BCUT2D eigenvalue weighted by Crippen LogP contribution is 2.42. The molecule has 0 bridgehead atoms. The molecule has 0 amide bonds. The molecule has 11 heteroatoms. The Morgan fingerprint density at radius 2 is 1.95 bits per heavy atom. The topological polar surface area (TPSA) is 67.9 Å². The van der Waals surface area contributed by atoms with E-state index in [1.54, 1.807) is 0 Å². The summed E-state index contributed by atoms with van der Waals surface area (Å²) in [5.41, 5.74) is 0. The first kappa shape index (κ1) is 16.4. The van der Waals surface area contributed by atoms with Gasteiger partial charge in [-0.05, 0) is 12.2 Å². The van der Waals surface area contributed by atoms with Crippen LogP contribution in [-0.4, -0.2) is 39.3 Å². The van der Waals surface area contributed by atoms with Gasteiger partial charge in [-0.25, -0.2) is 4.98 Å². The highest BCUT2D eigenvalue weighted by molar-refractivity contribution is 7.80. The van der Waals surface area contributed by atoms with E-state index in [4.69, 9.17) is 0 Å². The molecular formula is C9H8F5N3O2S. The lowest BCUT2D eigenvalue weighted by molar-refractivity contribution is -0.292. The zero-order valence-corrected chi connectivity index (χ0v) is 10.7. The van der Waals surface area contributed by atoms with Crippen molar-refractivity contribution in [2.45, 2.75) is 24.9 Å². The van der Waals surface area contributed by atoms with Gasteiger partial charge in [-0.3, -0.25) is 9.89 Å². The first-order valence-corrected chi connectivity index (χ1v) is 5.43. The standard InChI is InChI=1S/C9H8F5N3O2S/c1-19-6(20)3-4(18)2-5-15-7(17-16-5)8(10,11)9(12,13)14/h2-3H2,1H3,(H,15,16,17). The smallest absolute Gasteiger partial charge is 0.461 e. The van der Waals surface area contributed by atoms with Gasteiger partial charge in [-0.15, -0.1) is 0 Å². The quantitative estimate of drug-likeness (QED) is 0.664. The van der Waals surface area contributed by atoms with Crippen LogP contribution in [0.25, 0.3) is 0 Å². The van der Waals surface area contributed by atoms with Crippen molar-refractivity contribution in [3.05, 3.63) is 11.6 Å². The van der Waals surface area contributed by atoms with Crippen LogP contribution in [0, 0.1) is 0 Å². The molecule has 0 aliphatic rings. The van der Waals surface area contributed by atoms with Crippen LogP contribution >= 0.6 is 12.2 Å². The summed E-state index contributed by atoms with van der Waals surface area (Å²) < 4.78 is 66.5. The van der Waals surface area contributed by atoms with Crippen LogP contribution in [0.5, 0.6) is 0 Å². The third-order valence-electron chi connectivity index (χ3n) is 2.10. The van der Waals surface area contributed by atoms with Gasteiger partial charge in [-0.1, -0.05) is 0 Å². The van der Waals surface area contributed by atoms with E-state index in [-0.39, 0.29) is 11.5 Å². The number of alkyl halides is 5. The SMILES string of the molecule is COC(=S)CC(=O)Cc1nc(C(F)(F)C(F)(F)F)n[nH]1. The van der Waals surface area contributed by atoms with E-state index >= 15 is 0 Å². The molecular weight excluding hydrogens is 309 g/mol. The van der Waals surface area contributed by atoms with Gasteiger partial charge >= 0.3 is 12.1 Å². The maximum atomic E-state index is 12.9. The fourth-order valence-electron chi connectivity index (χ4n) is 1.12. The number of thiocarbonyl (C=S) groups is 1. The number of hydrogen-bond donors (Lipinski definition) is 1. The van der Waals surface area contributed by atoms with Crippen LogP contribution in [0.1, 0.15) is 18.1 Å². The summed E-state index contributed by atoms with van der Waals surface area (Å²) in [5, 5.41) is 4.61. The predicted octanol–water partition coefficient (Wildman–Crippen LogP) is 1.93. The van der Waals surface area contributed by atoms with Gasteiger partial charge in [0, 0.05) is 0 Å². The maximum absolute atomic E-state index is 12.9.